The highest BCUT2D eigenvalue weighted by atomic mass is 14.1. The normalized spacial score (nSPS) is 12.6. The van der Waals surface area contributed by atoms with Crippen LogP contribution >= 0.6 is 0 Å². The van der Waals surface area contributed by atoms with Gasteiger partial charge in [0.25, 0.3) is 0 Å². The van der Waals surface area contributed by atoms with Gasteiger partial charge in [-0.15, -0.1) is 0 Å². The fourth-order valence-electron chi connectivity index (χ4n) is 1.07. The van der Waals surface area contributed by atoms with Crippen LogP contribution in [0.4, 0.5) is 0 Å². The summed E-state index contributed by atoms with van der Waals surface area (Å²) >= 11 is 0. The summed E-state index contributed by atoms with van der Waals surface area (Å²) in [5.74, 6) is 0.833. The average molecular weight is 236 g/mol. The lowest BCUT2D eigenvalue weighted by Crippen LogP contribution is -2.00. The second-order valence-corrected chi connectivity index (χ2v) is 6.35. The van der Waals surface area contributed by atoms with E-state index in [2.05, 4.69) is 73.3 Å². The largest absolute Gasteiger partial charge is 0.0961 e. The Balaban J connectivity index is 0. The molecule has 100 valence electrons. The second-order valence-electron chi connectivity index (χ2n) is 6.35. The quantitative estimate of drug-likeness (QED) is 0.514. The molecule has 0 aromatic rings. The topological polar surface area (TPSA) is 0 Å². The summed E-state index contributed by atoms with van der Waals surface area (Å²) in [5, 5.41) is 0. The first-order valence-electron chi connectivity index (χ1n) is 6.63. The first-order chi connectivity index (χ1) is 7.58. The van der Waals surface area contributed by atoms with Crippen LogP contribution in [-0.4, -0.2) is 0 Å². The number of allylic oxidation sites excluding steroid dienone is 5. The van der Waals surface area contributed by atoms with Crippen molar-refractivity contribution >= 4 is 0 Å². The fraction of sp³-hybridized carbons (Fsp3) is 0.647. The molecule has 17 heavy (non-hydrogen) atoms. The lowest BCUT2D eigenvalue weighted by atomic mass is 9.92. The molecule has 0 bridgehead atoms. The second kappa shape index (κ2) is 9.27. The van der Waals surface area contributed by atoms with E-state index >= 15 is 0 Å². The summed E-state index contributed by atoms with van der Waals surface area (Å²) in [4.78, 5) is 0. The van der Waals surface area contributed by atoms with Gasteiger partial charge in [0.2, 0.25) is 0 Å². The molecular formula is C17H32. The maximum atomic E-state index is 3.84. The van der Waals surface area contributed by atoms with E-state index in [1.807, 2.05) is 6.92 Å². The Bertz CT molecular complexity index is 253. The van der Waals surface area contributed by atoms with Crippen LogP contribution in [0.5, 0.6) is 0 Å². The third kappa shape index (κ3) is 21.1. The molecule has 0 aliphatic rings. The number of hydrogen-bond donors (Lipinski definition) is 0. The van der Waals surface area contributed by atoms with Crippen molar-refractivity contribution in [1.29, 1.82) is 0 Å². The zero-order valence-electron chi connectivity index (χ0n) is 13.2. The molecule has 0 atom stereocenters. The molecule has 0 N–H and O–H groups in total. The molecule has 0 aromatic carbocycles. The molecule has 0 nitrogen and oxygen atoms in total. The molecular weight excluding hydrogens is 204 g/mol. The minimum atomic E-state index is 0.269. The summed E-state index contributed by atoms with van der Waals surface area (Å²) in [5.41, 5.74) is 2.76. The minimum Gasteiger partial charge on any atom is -0.0961 e. The molecule has 0 fully saturated rings. The van der Waals surface area contributed by atoms with E-state index in [1.165, 1.54) is 5.57 Å². The van der Waals surface area contributed by atoms with Crippen molar-refractivity contribution in [3.05, 3.63) is 36.0 Å². The van der Waals surface area contributed by atoms with Gasteiger partial charge in [-0.3, -0.25) is 0 Å². The monoisotopic (exact) mass is 236 g/mol. The van der Waals surface area contributed by atoms with E-state index in [9.17, 15) is 0 Å². The van der Waals surface area contributed by atoms with Crippen LogP contribution in [-0.2, 0) is 0 Å². The van der Waals surface area contributed by atoms with Gasteiger partial charge in [0.15, 0.2) is 0 Å². The van der Waals surface area contributed by atoms with Gasteiger partial charge in [-0.2, -0.15) is 0 Å². The van der Waals surface area contributed by atoms with Crippen LogP contribution in [0, 0.1) is 11.3 Å². The van der Waals surface area contributed by atoms with Crippen molar-refractivity contribution in [1.82, 2.24) is 0 Å². The highest BCUT2D eigenvalue weighted by molar-refractivity contribution is 5.26. The molecule has 0 rings (SSSR count). The van der Waals surface area contributed by atoms with Crippen molar-refractivity contribution in [3.8, 4) is 0 Å². The maximum Gasteiger partial charge on any atom is -0.0197 e. The van der Waals surface area contributed by atoms with E-state index in [1.54, 1.807) is 0 Å². The van der Waals surface area contributed by atoms with Crippen molar-refractivity contribution < 1.29 is 0 Å². The highest BCUT2D eigenvalue weighted by Crippen LogP contribution is 2.19. The third-order valence-electron chi connectivity index (χ3n) is 1.61. The number of hydrogen-bond acceptors (Lipinski definition) is 0. The predicted octanol–water partition coefficient (Wildman–Crippen LogP) is 6.16. The number of rotatable bonds is 3. The molecule has 0 amide bonds. The molecule has 0 saturated heterocycles. The van der Waals surface area contributed by atoms with Gasteiger partial charge in [-0.1, -0.05) is 84.4 Å². The van der Waals surface area contributed by atoms with Gasteiger partial charge >= 0.3 is 0 Å². The summed E-state index contributed by atoms with van der Waals surface area (Å²) in [6.07, 6.45) is 7.63. The lowest BCUT2D eigenvalue weighted by Gasteiger charge is -2.13. The van der Waals surface area contributed by atoms with Crippen molar-refractivity contribution in [2.45, 2.75) is 61.8 Å². The van der Waals surface area contributed by atoms with Crippen LogP contribution < -0.4 is 0 Å². The molecule has 0 radical (unpaired) electrons. The van der Waals surface area contributed by atoms with Gasteiger partial charge in [-0.05, 0) is 24.7 Å². The van der Waals surface area contributed by atoms with Gasteiger partial charge in [0.1, 0.15) is 0 Å². The molecule has 0 saturated carbocycles. The van der Waals surface area contributed by atoms with Crippen molar-refractivity contribution in [2.24, 2.45) is 11.3 Å². The third-order valence-corrected chi connectivity index (χ3v) is 1.61. The fourth-order valence-corrected chi connectivity index (χ4v) is 1.07. The van der Waals surface area contributed by atoms with E-state index < -0.39 is 0 Å². The standard InChI is InChI=1S/C13H22.C4H10/c1-7-12(9-8-11(2)3)10-13(4,5)6;1-4(2)3/h8-10H,2,7H2,1,3-6H3;4H,1-3H3/b9-8-,12-10-;. The smallest absolute Gasteiger partial charge is 0.0197 e. The molecule has 0 unspecified atom stereocenters. The molecule has 0 spiro atoms. The molecule has 0 aliphatic carbocycles. The Hall–Kier alpha value is -0.780. The Morgan fingerprint density at radius 2 is 1.53 bits per heavy atom. The molecule has 0 heteroatoms. The lowest BCUT2D eigenvalue weighted by molar-refractivity contribution is 0.539. The summed E-state index contributed by atoms with van der Waals surface area (Å²) in [6.45, 7) is 21.2. The van der Waals surface area contributed by atoms with Crippen molar-refractivity contribution in [3.63, 3.8) is 0 Å². The SMILES string of the molecule is C=C(C)/C=C\C(=C/C(C)(C)C)CC.CC(C)C. The van der Waals surface area contributed by atoms with Crippen LogP contribution in [0.3, 0.4) is 0 Å². The first kappa shape index (κ1) is 18.6. The van der Waals surface area contributed by atoms with Gasteiger partial charge < -0.3 is 0 Å². The predicted molar refractivity (Wildman–Crippen MR) is 82.3 cm³/mol. The van der Waals surface area contributed by atoms with E-state index in [4.69, 9.17) is 0 Å². The zero-order valence-corrected chi connectivity index (χ0v) is 13.2. The van der Waals surface area contributed by atoms with E-state index in [0.29, 0.717) is 0 Å². The summed E-state index contributed by atoms with van der Waals surface area (Å²) < 4.78 is 0. The maximum absolute atomic E-state index is 3.84. The summed E-state index contributed by atoms with van der Waals surface area (Å²) in [7, 11) is 0. The average Bonchev–Trinajstić information content (AvgIpc) is 2.09. The van der Waals surface area contributed by atoms with Crippen LogP contribution in [0.15, 0.2) is 36.0 Å². The zero-order chi connectivity index (χ0) is 14.1. The molecule has 0 heterocycles. The minimum absolute atomic E-state index is 0.269. The van der Waals surface area contributed by atoms with Crippen LogP contribution in [0.1, 0.15) is 61.8 Å². The van der Waals surface area contributed by atoms with Crippen molar-refractivity contribution in [2.75, 3.05) is 0 Å². The first-order valence-corrected chi connectivity index (χ1v) is 6.63. The van der Waals surface area contributed by atoms with Gasteiger partial charge in [0, 0.05) is 0 Å². The Morgan fingerprint density at radius 1 is 1.12 bits per heavy atom. The summed E-state index contributed by atoms with van der Waals surface area (Å²) in [6, 6.07) is 0. The van der Waals surface area contributed by atoms with Gasteiger partial charge in [-0.25, -0.2) is 0 Å². The van der Waals surface area contributed by atoms with Gasteiger partial charge in [0.05, 0.1) is 0 Å². The molecule has 0 aromatic heterocycles. The van der Waals surface area contributed by atoms with E-state index in [-0.39, 0.29) is 5.41 Å². The Morgan fingerprint density at radius 3 is 1.76 bits per heavy atom. The van der Waals surface area contributed by atoms with Crippen LogP contribution in [0.25, 0.3) is 0 Å². The van der Waals surface area contributed by atoms with Crippen LogP contribution in [0.2, 0.25) is 0 Å². The highest BCUT2D eigenvalue weighted by Gasteiger charge is 2.05. The Kier molecular flexibility index (Phi) is 10.1. The Labute approximate surface area is 110 Å². The van der Waals surface area contributed by atoms with E-state index in [0.717, 1.165) is 17.9 Å². The molecule has 0 aliphatic heterocycles.